The van der Waals surface area contributed by atoms with E-state index in [1.54, 1.807) is 0 Å². The van der Waals surface area contributed by atoms with E-state index in [2.05, 4.69) is 25.8 Å². The molecule has 0 aliphatic carbocycles. The van der Waals surface area contributed by atoms with E-state index in [1.165, 1.54) is 19.3 Å². The Hall–Kier alpha value is -0.0800. The fourth-order valence-electron chi connectivity index (χ4n) is 1.31. The van der Waals surface area contributed by atoms with Crippen LogP contribution in [0.15, 0.2) is 0 Å². The molecular formula is C10H23NO. The molecule has 2 nitrogen and oxygen atoms in total. The van der Waals surface area contributed by atoms with E-state index >= 15 is 0 Å². The van der Waals surface area contributed by atoms with Gasteiger partial charge in [-0.05, 0) is 25.9 Å². The van der Waals surface area contributed by atoms with Crippen molar-refractivity contribution in [1.29, 1.82) is 0 Å². The van der Waals surface area contributed by atoms with Gasteiger partial charge in [0.1, 0.15) is 0 Å². The second-order valence-corrected chi connectivity index (χ2v) is 3.76. The van der Waals surface area contributed by atoms with Crippen molar-refractivity contribution < 1.29 is 5.11 Å². The van der Waals surface area contributed by atoms with Crippen molar-refractivity contribution in [1.82, 2.24) is 4.90 Å². The van der Waals surface area contributed by atoms with Crippen LogP contribution < -0.4 is 0 Å². The third kappa shape index (κ3) is 6.62. The van der Waals surface area contributed by atoms with Gasteiger partial charge >= 0.3 is 0 Å². The van der Waals surface area contributed by atoms with Crippen molar-refractivity contribution in [3.05, 3.63) is 0 Å². The molecule has 0 saturated carbocycles. The van der Waals surface area contributed by atoms with Crippen LogP contribution in [0.5, 0.6) is 0 Å². The molecule has 0 aromatic carbocycles. The van der Waals surface area contributed by atoms with Crippen LogP contribution in [-0.2, 0) is 0 Å². The summed E-state index contributed by atoms with van der Waals surface area (Å²) in [5.41, 5.74) is 0. The van der Waals surface area contributed by atoms with Crippen LogP contribution in [0.25, 0.3) is 0 Å². The Morgan fingerprint density at radius 2 is 2.00 bits per heavy atom. The first-order valence-corrected chi connectivity index (χ1v) is 5.00. The lowest BCUT2D eigenvalue weighted by molar-refractivity contribution is 0.189. The van der Waals surface area contributed by atoms with Crippen molar-refractivity contribution in [2.24, 2.45) is 5.92 Å². The zero-order valence-corrected chi connectivity index (χ0v) is 8.71. The zero-order chi connectivity index (χ0) is 9.40. The maximum absolute atomic E-state index is 8.83. The van der Waals surface area contributed by atoms with E-state index in [0.717, 1.165) is 13.1 Å². The number of aliphatic hydroxyl groups excluding tert-OH is 1. The number of nitrogens with zero attached hydrogens (tertiary/aromatic N) is 1. The predicted molar refractivity (Wildman–Crippen MR) is 53.3 cm³/mol. The molecule has 0 aromatic rings. The SMILES string of the molecule is CCCCCN(C)CC(C)CO. The minimum absolute atomic E-state index is 0.304. The first-order chi connectivity index (χ1) is 5.70. The Morgan fingerprint density at radius 1 is 1.33 bits per heavy atom. The maximum Gasteiger partial charge on any atom is 0.0468 e. The summed E-state index contributed by atoms with van der Waals surface area (Å²) < 4.78 is 0. The fourth-order valence-corrected chi connectivity index (χ4v) is 1.31. The van der Waals surface area contributed by atoms with Crippen LogP contribution in [0.1, 0.15) is 33.1 Å². The van der Waals surface area contributed by atoms with Crippen molar-refractivity contribution >= 4 is 0 Å². The molecule has 1 unspecified atom stereocenters. The summed E-state index contributed by atoms with van der Waals surface area (Å²) in [6, 6.07) is 0. The molecule has 1 atom stereocenters. The van der Waals surface area contributed by atoms with E-state index in [0.29, 0.717) is 12.5 Å². The molecule has 0 amide bonds. The Kier molecular flexibility index (Phi) is 7.51. The van der Waals surface area contributed by atoms with Gasteiger partial charge in [-0.3, -0.25) is 0 Å². The molecule has 2 heteroatoms. The third-order valence-corrected chi connectivity index (χ3v) is 2.08. The van der Waals surface area contributed by atoms with Crippen molar-refractivity contribution in [3.8, 4) is 0 Å². The van der Waals surface area contributed by atoms with Gasteiger partial charge in [0.25, 0.3) is 0 Å². The smallest absolute Gasteiger partial charge is 0.0468 e. The molecule has 0 aliphatic rings. The van der Waals surface area contributed by atoms with Crippen LogP contribution in [-0.4, -0.2) is 36.8 Å². The average molecular weight is 173 g/mol. The van der Waals surface area contributed by atoms with Gasteiger partial charge < -0.3 is 10.0 Å². The van der Waals surface area contributed by atoms with Crippen molar-refractivity contribution in [3.63, 3.8) is 0 Å². The summed E-state index contributed by atoms with van der Waals surface area (Å²) in [4.78, 5) is 2.30. The van der Waals surface area contributed by atoms with Crippen LogP contribution in [0.3, 0.4) is 0 Å². The summed E-state index contributed by atoms with van der Waals surface area (Å²) in [7, 11) is 2.13. The normalized spacial score (nSPS) is 13.8. The average Bonchev–Trinajstić information content (AvgIpc) is 2.05. The minimum Gasteiger partial charge on any atom is -0.396 e. The Morgan fingerprint density at radius 3 is 2.50 bits per heavy atom. The fraction of sp³-hybridized carbons (Fsp3) is 1.00. The number of rotatable bonds is 7. The van der Waals surface area contributed by atoms with Gasteiger partial charge in [0.05, 0.1) is 0 Å². The van der Waals surface area contributed by atoms with Gasteiger partial charge in [-0.25, -0.2) is 0 Å². The lowest BCUT2D eigenvalue weighted by Gasteiger charge is -2.19. The maximum atomic E-state index is 8.83. The zero-order valence-electron chi connectivity index (χ0n) is 8.71. The molecule has 0 bridgehead atoms. The van der Waals surface area contributed by atoms with E-state index in [4.69, 9.17) is 5.11 Å². The molecule has 0 radical (unpaired) electrons. The monoisotopic (exact) mass is 173 g/mol. The van der Waals surface area contributed by atoms with Crippen molar-refractivity contribution in [2.45, 2.75) is 33.1 Å². The number of hydrogen-bond donors (Lipinski definition) is 1. The topological polar surface area (TPSA) is 23.5 Å². The molecule has 1 N–H and O–H groups in total. The largest absolute Gasteiger partial charge is 0.396 e. The highest BCUT2D eigenvalue weighted by Gasteiger charge is 2.03. The van der Waals surface area contributed by atoms with Gasteiger partial charge in [-0.2, -0.15) is 0 Å². The highest BCUT2D eigenvalue weighted by molar-refractivity contribution is 4.57. The summed E-state index contributed by atoms with van der Waals surface area (Å²) in [5, 5.41) is 8.83. The summed E-state index contributed by atoms with van der Waals surface area (Å²) >= 11 is 0. The van der Waals surface area contributed by atoms with E-state index < -0.39 is 0 Å². The molecule has 0 fully saturated rings. The quantitative estimate of drug-likeness (QED) is 0.593. The van der Waals surface area contributed by atoms with E-state index in [1.807, 2.05) is 0 Å². The number of aliphatic hydroxyl groups is 1. The van der Waals surface area contributed by atoms with E-state index in [-0.39, 0.29) is 0 Å². The first kappa shape index (κ1) is 11.9. The van der Waals surface area contributed by atoms with Gasteiger partial charge in [0.2, 0.25) is 0 Å². The molecule has 0 aliphatic heterocycles. The standard InChI is InChI=1S/C10H23NO/c1-4-5-6-7-11(3)8-10(2)9-12/h10,12H,4-9H2,1-3H3. The molecule has 0 aromatic heterocycles. The number of hydrogen-bond acceptors (Lipinski definition) is 2. The Balaban J connectivity index is 3.26. The summed E-state index contributed by atoms with van der Waals surface area (Å²) in [6.45, 7) is 6.78. The molecule has 0 saturated heterocycles. The lowest BCUT2D eigenvalue weighted by atomic mass is 10.2. The summed E-state index contributed by atoms with van der Waals surface area (Å²) in [6.07, 6.45) is 3.88. The van der Waals surface area contributed by atoms with Crippen LogP contribution in [0.4, 0.5) is 0 Å². The first-order valence-electron chi connectivity index (χ1n) is 5.00. The van der Waals surface area contributed by atoms with Crippen molar-refractivity contribution in [2.75, 3.05) is 26.7 Å². The number of unbranched alkanes of at least 4 members (excludes halogenated alkanes) is 2. The molecule has 0 heterocycles. The molecular weight excluding hydrogens is 150 g/mol. The van der Waals surface area contributed by atoms with Gasteiger partial charge in [-0.15, -0.1) is 0 Å². The molecule has 0 rings (SSSR count). The van der Waals surface area contributed by atoms with Gasteiger partial charge in [0.15, 0.2) is 0 Å². The van der Waals surface area contributed by atoms with Gasteiger partial charge in [0, 0.05) is 13.2 Å². The lowest BCUT2D eigenvalue weighted by Crippen LogP contribution is -2.26. The van der Waals surface area contributed by atoms with Crippen LogP contribution >= 0.6 is 0 Å². The highest BCUT2D eigenvalue weighted by Crippen LogP contribution is 2.00. The second-order valence-electron chi connectivity index (χ2n) is 3.76. The Bertz CT molecular complexity index is 95.8. The van der Waals surface area contributed by atoms with Crippen LogP contribution in [0.2, 0.25) is 0 Å². The summed E-state index contributed by atoms with van der Waals surface area (Å²) in [5.74, 6) is 0.414. The van der Waals surface area contributed by atoms with Gasteiger partial charge in [-0.1, -0.05) is 26.7 Å². The molecule has 0 spiro atoms. The van der Waals surface area contributed by atoms with E-state index in [9.17, 15) is 0 Å². The second kappa shape index (κ2) is 7.56. The Labute approximate surface area is 76.6 Å². The van der Waals surface area contributed by atoms with Crippen LogP contribution in [0, 0.1) is 5.92 Å². The minimum atomic E-state index is 0.304. The molecule has 12 heavy (non-hydrogen) atoms. The molecule has 74 valence electrons. The third-order valence-electron chi connectivity index (χ3n) is 2.08. The highest BCUT2D eigenvalue weighted by atomic mass is 16.3. The predicted octanol–water partition coefficient (Wildman–Crippen LogP) is 1.74.